The lowest BCUT2D eigenvalue weighted by Crippen LogP contribution is -2.23. The molecule has 2 aromatic heterocycles. The van der Waals surface area contributed by atoms with E-state index in [0.717, 1.165) is 33.1 Å². The maximum absolute atomic E-state index is 13.3. The molecule has 7 heteroatoms. The first-order valence-corrected chi connectivity index (χ1v) is 11.5. The van der Waals surface area contributed by atoms with E-state index in [-0.39, 0.29) is 5.91 Å². The highest BCUT2D eigenvalue weighted by Crippen LogP contribution is 2.27. The Labute approximate surface area is 208 Å². The van der Waals surface area contributed by atoms with Gasteiger partial charge in [0.2, 0.25) is 0 Å². The van der Waals surface area contributed by atoms with E-state index in [4.69, 9.17) is 14.5 Å². The van der Waals surface area contributed by atoms with E-state index >= 15 is 0 Å². The molecule has 1 amide bonds. The molecule has 0 bridgehead atoms. The van der Waals surface area contributed by atoms with Gasteiger partial charge in [-0.2, -0.15) is 0 Å². The molecular weight excluding hydrogens is 454 g/mol. The molecule has 0 fully saturated rings. The van der Waals surface area contributed by atoms with Crippen LogP contribution in [0.15, 0.2) is 85.1 Å². The predicted octanol–water partition coefficient (Wildman–Crippen LogP) is 4.96. The van der Waals surface area contributed by atoms with E-state index in [0.29, 0.717) is 30.0 Å². The van der Waals surface area contributed by atoms with Crippen molar-refractivity contribution in [3.63, 3.8) is 0 Å². The van der Waals surface area contributed by atoms with Gasteiger partial charge in [0, 0.05) is 23.5 Å². The molecule has 0 unspecified atom stereocenters. The number of methoxy groups -OCH3 is 2. The lowest BCUT2D eigenvalue weighted by molar-refractivity contribution is 0.0600. The number of nitrogens with zero attached hydrogens (tertiary/aromatic N) is 2. The van der Waals surface area contributed by atoms with Crippen molar-refractivity contribution in [2.45, 2.75) is 13.1 Å². The van der Waals surface area contributed by atoms with Crippen LogP contribution in [0.1, 0.15) is 32.0 Å². The number of nitrogens with one attached hydrogen (secondary N) is 1. The maximum Gasteiger partial charge on any atom is 0.337 e. The Morgan fingerprint density at radius 3 is 2.50 bits per heavy atom. The molecular formula is C29H25N3O4. The number of amides is 1. The molecule has 0 aliphatic rings. The van der Waals surface area contributed by atoms with Gasteiger partial charge in [0.05, 0.1) is 48.6 Å². The molecule has 0 aliphatic heterocycles. The molecule has 0 radical (unpaired) electrons. The van der Waals surface area contributed by atoms with Gasteiger partial charge in [0.25, 0.3) is 5.91 Å². The number of hydrogen-bond donors (Lipinski definition) is 1. The van der Waals surface area contributed by atoms with E-state index in [2.05, 4.69) is 11.4 Å². The van der Waals surface area contributed by atoms with E-state index in [1.165, 1.54) is 7.11 Å². The van der Waals surface area contributed by atoms with Crippen LogP contribution in [0, 0.1) is 0 Å². The van der Waals surface area contributed by atoms with Crippen molar-refractivity contribution in [3.05, 3.63) is 107 Å². The van der Waals surface area contributed by atoms with Crippen molar-refractivity contribution < 1.29 is 19.1 Å². The highest BCUT2D eigenvalue weighted by Gasteiger charge is 2.17. The molecule has 0 atom stereocenters. The van der Waals surface area contributed by atoms with E-state index in [9.17, 15) is 9.59 Å². The summed E-state index contributed by atoms with van der Waals surface area (Å²) in [7, 11) is 2.93. The summed E-state index contributed by atoms with van der Waals surface area (Å²) in [5.74, 6) is -0.00921. The second-order valence-electron chi connectivity index (χ2n) is 8.42. The average Bonchev–Trinajstić information content (AvgIpc) is 3.33. The Morgan fingerprint density at radius 2 is 1.72 bits per heavy atom. The summed E-state index contributed by atoms with van der Waals surface area (Å²) in [5, 5.41) is 4.98. The number of para-hydroxylation sites is 1. The first-order chi connectivity index (χ1) is 17.6. The Morgan fingerprint density at radius 1 is 0.917 bits per heavy atom. The highest BCUT2D eigenvalue weighted by atomic mass is 16.5. The number of esters is 1. The van der Waals surface area contributed by atoms with Gasteiger partial charge in [-0.15, -0.1) is 0 Å². The summed E-state index contributed by atoms with van der Waals surface area (Å²) in [6.45, 7) is 0.835. The average molecular weight is 480 g/mol. The van der Waals surface area contributed by atoms with Gasteiger partial charge < -0.3 is 19.4 Å². The Bertz CT molecular complexity index is 1570. The van der Waals surface area contributed by atoms with Crippen LogP contribution < -0.4 is 10.1 Å². The molecule has 0 saturated heterocycles. The van der Waals surface area contributed by atoms with Crippen molar-refractivity contribution >= 4 is 33.7 Å². The molecule has 0 aliphatic carbocycles. The van der Waals surface area contributed by atoms with Gasteiger partial charge in [-0.25, -0.2) is 4.79 Å². The van der Waals surface area contributed by atoms with Crippen LogP contribution in [0.5, 0.6) is 5.75 Å². The van der Waals surface area contributed by atoms with Crippen molar-refractivity contribution in [2.24, 2.45) is 0 Å². The number of hydrogen-bond acceptors (Lipinski definition) is 5. The van der Waals surface area contributed by atoms with Crippen LogP contribution >= 0.6 is 0 Å². The predicted molar refractivity (Wildman–Crippen MR) is 138 cm³/mol. The summed E-state index contributed by atoms with van der Waals surface area (Å²) >= 11 is 0. The van der Waals surface area contributed by atoms with Crippen LogP contribution in [0.2, 0.25) is 0 Å². The summed E-state index contributed by atoms with van der Waals surface area (Å²) in [4.78, 5) is 29.8. The number of fused-ring (bicyclic) bond motifs is 2. The third-order valence-electron chi connectivity index (χ3n) is 6.13. The van der Waals surface area contributed by atoms with Crippen molar-refractivity contribution in [1.82, 2.24) is 14.9 Å². The monoisotopic (exact) mass is 479 g/mol. The number of rotatable bonds is 7. The van der Waals surface area contributed by atoms with Gasteiger partial charge in [0.15, 0.2) is 0 Å². The minimum atomic E-state index is -0.397. The molecule has 180 valence electrons. The SMILES string of the molecule is COC(=O)c1ccc(CNC(=O)c2cc(OC)cc3ccn(Cc4ccc5ccccc5n4)c23)cc1. The van der Waals surface area contributed by atoms with Crippen LogP contribution in [0.3, 0.4) is 0 Å². The number of aromatic nitrogens is 2. The van der Waals surface area contributed by atoms with Crippen LogP contribution in [0.25, 0.3) is 21.8 Å². The van der Waals surface area contributed by atoms with Gasteiger partial charge in [-0.05, 0) is 48.0 Å². The summed E-state index contributed by atoms with van der Waals surface area (Å²) in [5.41, 5.74) is 4.49. The Kier molecular flexibility index (Phi) is 6.36. The summed E-state index contributed by atoms with van der Waals surface area (Å²) in [6, 6.07) is 24.7. The second kappa shape index (κ2) is 9.92. The molecule has 1 N–H and O–H groups in total. The topological polar surface area (TPSA) is 82.5 Å². The summed E-state index contributed by atoms with van der Waals surface area (Å²) < 4.78 is 12.2. The highest BCUT2D eigenvalue weighted by molar-refractivity contribution is 6.06. The quantitative estimate of drug-likeness (QED) is 0.334. The normalized spacial score (nSPS) is 10.9. The fraction of sp³-hybridized carbons (Fsp3) is 0.138. The molecule has 0 spiro atoms. The fourth-order valence-electron chi connectivity index (χ4n) is 4.27. The van der Waals surface area contributed by atoms with E-state index in [1.54, 1.807) is 37.4 Å². The van der Waals surface area contributed by atoms with Gasteiger partial charge in [-0.1, -0.05) is 36.4 Å². The third-order valence-corrected chi connectivity index (χ3v) is 6.13. The first-order valence-electron chi connectivity index (χ1n) is 11.5. The third kappa shape index (κ3) is 4.63. The second-order valence-corrected chi connectivity index (χ2v) is 8.42. The molecule has 5 rings (SSSR count). The molecule has 3 aromatic carbocycles. The largest absolute Gasteiger partial charge is 0.497 e. The van der Waals surface area contributed by atoms with Crippen molar-refractivity contribution in [1.29, 1.82) is 0 Å². The number of pyridine rings is 1. The smallest absolute Gasteiger partial charge is 0.337 e. The fourth-order valence-corrected chi connectivity index (χ4v) is 4.27. The maximum atomic E-state index is 13.3. The minimum Gasteiger partial charge on any atom is -0.497 e. The van der Waals surface area contributed by atoms with Crippen molar-refractivity contribution in [3.8, 4) is 5.75 Å². The molecule has 0 saturated carbocycles. The zero-order valence-electron chi connectivity index (χ0n) is 20.0. The lowest BCUT2D eigenvalue weighted by Gasteiger charge is -2.13. The Hall–Kier alpha value is -4.65. The van der Waals surface area contributed by atoms with Crippen molar-refractivity contribution in [2.75, 3.05) is 14.2 Å². The van der Waals surface area contributed by atoms with E-state index < -0.39 is 5.97 Å². The molecule has 7 nitrogen and oxygen atoms in total. The number of carbonyl (C=O) groups is 2. The first kappa shape index (κ1) is 23.1. The standard InChI is InChI=1S/C29H25N3O4/c1-35-24-15-22-13-14-32(18-23-12-11-20-5-3-4-6-26(20)31-23)27(22)25(16-24)28(33)30-17-19-7-9-21(10-8-19)29(34)36-2/h3-16H,17-18H2,1-2H3,(H,30,33). The zero-order valence-corrected chi connectivity index (χ0v) is 20.0. The van der Waals surface area contributed by atoms with E-state index in [1.807, 2.05) is 53.2 Å². The van der Waals surface area contributed by atoms with Gasteiger partial charge >= 0.3 is 5.97 Å². The van der Waals surface area contributed by atoms with Crippen LogP contribution in [-0.2, 0) is 17.8 Å². The Balaban J connectivity index is 1.42. The van der Waals surface area contributed by atoms with Gasteiger partial charge in [0.1, 0.15) is 5.75 Å². The summed E-state index contributed by atoms with van der Waals surface area (Å²) in [6.07, 6.45) is 1.96. The minimum absolute atomic E-state index is 0.220. The van der Waals surface area contributed by atoms with Crippen LogP contribution in [-0.4, -0.2) is 35.6 Å². The van der Waals surface area contributed by atoms with Crippen LogP contribution in [0.4, 0.5) is 0 Å². The lowest BCUT2D eigenvalue weighted by atomic mass is 10.1. The number of benzene rings is 3. The zero-order chi connectivity index (χ0) is 25.1. The number of carbonyl (C=O) groups excluding carboxylic acids is 2. The van der Waals surface area contributed by atoms with Gasteiger partial charge in [-0.3, -0.25) is 9.78 Å². The molecule has 36 heavy (non-hydrogen) atoms. The molecule has 5 aromatic rings. The molecule has 2 heterocycles. The number of ether oxygens (including phenoxy) is 2.